The first-order chi connectivity index (χ1) is 15.6. The van der Waals surface area contributed by atoms with Gasteiger partial charge in [-0.2, -0.15) is 4.99 Å². The first-order valence-electron chi connectivity index (χ1n) is 10.8. The van der Waals surface area contributed by atoms with Gasteiger partial charge in [0.25, 0.3) is 5.91 Å². The number of H-pyrrole nitrogens is 1. The number of carbonyl (C=O) groups excluding carboxylic acids is 1. The minimum absolute atomic E-state index is 0.146. The van der Waals surface area contributed by atoms with Crippen LogP contribution in [0, 0.1) is 5.82 Å². The maximum Gasteiger partial charge on any atom is 0.280 e. The van der Waals surface area contributed by atoms with Crippen molar-refractivity contribution in [3.05, 3.63) is 83.9 Å². The fourth-order valence-corrected chi connectivity index (χ4v) is 4.39. The summed E-state index contributed by atoms with van der Waals surface area (Å²) in [7, 11) is 0. The van der Waals surface area contributed by atoms with Gasteiger partial charge < -0.3 is 14.7 Å². The Bertz CT molecular complexity index is 1350. The van der Waals surface area contributed by atoms with Crippen molar-refractivity contribution in [1.29, 1.82) is 0 Å². The van der Waals surface area contributed by atoms with Crippen molar-refractivity contribution >= 4 is 16.9 Å². The summed E-state index contributed by atoms with van der Waals surface area (Å²) in [6.45, 7) is 0. The topological polar surface area (TPSA) is 83.3 Å². The minimum Gasteiger partial charge on any atom is -0.393 e. The summed E-state index contributed by atoms with van der Waals surface area (Å²) in [6.07, 6.45) is 4.30. The number of hydrogen-bond donors (Lipinski definition) is 2. The van der Waals surface area contributed by atoms with Crippen molar-refractivity contribution in [2.75, 3.05) is 0 Å². The van der Waals surface area contributed by atoms with Gasteiger partial charge in [0.1, 0.15) is 5.82 Å². The number of nitrogens with one attached hydrogen (secondary N) is 1. The lowest BCUT2D eigenvalue weighted by Crippen LogP contribution is -2.29. The van der Waals surface area contributed by atoms with Gasteiger partial charge in [-0.15, -0.1) is 0 Å². The second-order valence-corrected chi connectivity index (χ2v) is 8.12. The van der Waals surface area contributed by atoms with Gasteiger partial charge in [0, 0.05) is 23.4 Å². The lowest BCUT2D eigenvalue weighted by Gasteiger charge is -2.27. The summed E-state index contributed by atoms with van der Waals surface area (Å²) in [5.74, 6) is -0.823. The fourth-order valence-electron chi connectivity index (χ4n) is 4.39. The number of halogens is 1. The highest BCUT2D eigenvalue weighted by Gasteiger charge is 2.23. The summed E-state index contributed by atoms with van der Waals surface area (Å²) in [5.41, 5.74) is 3.40. The molecule has 7 heteroatoms. The second kappa shape index (κ2) is 8.51. The number of rotatable bonds is 3. The molecule has 0 bridgehead atoms. The fraction of sp³-hybridized carbons (Fsp3) is 0.240. The molecule has 4 aromatic rings. The SMILES string of the molecule is O=C(/N=c1\[nH]c2ccccc2n1[C@H]1CC[C@@H](O)CC1)c1ccnc(-c2ccccc2F)c1. The molecule has 1 saturated carbocycles. The highest BCUT2D eigenvalue weighted by atomic mass is 19.1. The number of aliphatic hydroxyl groups is 1. The van der Waals surface area contributed by atoms with Crippen LogP contribution in [0.1, 0.15) is 42.1 Å². The summed E-state index contributed by atoms with van der Waals surface area (Å²) >= 11 is 0. The van der Waals surface area contributed by atoms with Crippen LogP contribution in [0.2, 0.25) is 0 Å². The normalized spacial score (nSPS) is 19.4. The second-order valence-electron chi connectivity index (χ2n) is 8.12. The molecular weight excluding hydrogens is 407 g/mol. The molecule has 162 valence electrons. The van der Waals surface area contributed by atoms with Gasteiger partial charge in [0.2, 0.25) is 5.62 Å². The van der Waals surface area contributed by atoms with Crippen LogP contribution in [-0.2, 0) is 0 Å². The monoisotopic (exact) mass is 430 g/mol. The van der Waals surface area contributed by atoms with E-state index in [1.807, 2.05) is 24.3 Å². The molecule has 0 aliphatic heterocycles. The molecule has 1 aliphatic carbocycles. The summed E-state index contributed by atoms with van der Waals surface area (Å²) in [5, 5.41) is 9.91. The highest BCUT2D eigenvalue weighted by molar-refractivity contribution is 5.95. The van der Waals surface area contributed by atoms with Crippen molar-refractivity contribution < 1.29 is 14.3 Å². The zero-order valence-corrected chi connectivity index (χ0v) is 17.4. The van der Waals surface area contributed by atoms with E-state index < -0.39 is 11.7 Å². The number of aromatic nitrogens is 3. The average Bonchev–Trinajstić information content (AvgIpc) is 3.18. The third kappa shape index (κ3) is 3.87. The van der Waals surface area contributed by atoms with Gasteiger partial charge in [0.15, 0.2) is 0 Å². The van der Waals surface area contributed by atoms with E-state index in [0.717, 1.165) is 36.7 Å². The molecule has 2 N–H and O–H groups in total. The number of aliphatic hydroxyl groups excluding tert-OH is 1. The molecule has 5 rings (SSSR count). The number of imidazole rings is 1. The molecule has 32 heavy (non-hydrogen) atoms. The van der Waals surface area contributed by atoms with Crippen LogP contribution in [0.3, 0.4) is 0 Å². The van der Waals surface area contributed by atoms with Gasteiger partial charge >= 0.3 is 0 Å². The minimum atomic E-state index is -0.430. The van der Waals surface area contributed by atoms with Crippen LogP contribution in [-0.4, -0.2) is 31.7 Å². The van der Waals surface area contributed by atoms with Crippen LogP contribution in [0.25, 0.3) is 22.3 Å². The van der Waals surface area contributed by atoms with Gasteiger partial charge in [-0.3, -0.25) is 9.78 Å². The number of hydrogen-bond acceptors (Lipinski definition) is 3. The van der Waals surface area contributed by atoms with E-state index in [4.69, 9.17) is 0 Å². The molecule has 2 aromatic carbocycles. The van der Waals surface area contributed by atoms with E-state index in [0.29, 0.717) is 22.4 Å². The van der Waals surface area contributed by atoms with E-state index in [-0.39, 0.29) is 12.1 Å². The van der Waals surface area contributed by atoms with E-state index in [2.05, 4.69) is 19.5 Å². The molecular formula is C25H23FN4O2. The molecule has 0 saturated heterocycles. The summed E-state index contributed by atoms with van der Waals surface area (Å²) < 4.78 is 16.3. The van der Waals surface area contributed by atoms with E-state index in [1.54, 1.807) is 30.3 Å². The highest BCUT2D eigenvalue weighted by Crippen LogP contribution is 2.29. The first-order valence-corrected chi connectivity index (χ1v) is 10.8. The Labute approximate surface area is 184 Å². The Hall–Kier alpha value is -3.58. The lowest BCUT2D eigenvalue weighted by molar-refractivity contribution is 0.0990. The van der Waals surface area contributed by atoms with Gasteiger partial charge in [-0.05, 0) is 62.1 Å². The number of benzene rings is 2. The predicted molar refractivity (Wildman–Crippen MR) is 119 cm³/mol. The first kappa shape index (κ1) is 20.3. The Morgan fingerprint density at radius 3 is 2.62 bits per heavy atom. The van der Waals surface area contributed by atoms with Crippen LogP contribution < -0.4 is 5.62 Å². The Morgan fingerprint density at radius 2 is 1.81 bits per heavy atom. The quantitative estimate of drug-likeness (QED) is 0.506. The number of aromatic amines is 1. The zero-order chi connectivity index (χ0) is 22.1. The molecule has 2 aromatic heterocycles. The Balaban J connectivity index is 1.56. The van der Waals surface area contributed by atoms with Crippen LogP contribution in [0.15, 0.2) is 71.9 Å². The van der Waals surface area contributed by atoms with Gasteiger partial charge in [0.05, 0.1) is 22.8 Å². The average molecular weight is 430 g/mol. The molecule has 6 nitrogen and oxygen atoms in total. The van der Waals surface area contributed by atoms with Crippen molar-refractivity contribution in [2.45, 2.75) is 37.8 Å². The third-order valence-corrected chi connectivity index (χ3v) is 6.03. The summed E-state index contributed by atoms with van der Waals surface area (Å²) in [4.78, 5) is 25.0. The molecule has 1 aliphatic rings. The van der Waals surface area contributed by atoms with Gasteiger partial charge in [-0.1, -0.05) is 24.3 Å². The van der Waals surface area contributed by atoms with Crippen molar-refractivity contribution in [2.24, 2.45) is 4.99 Å². The van der Waals surface area contributed by atoms with Crippen LogP contribution in [0.5, 0.6) is 0 Å². The molecule has 0 radical (unpaired) electrons. The molecule has 2 heterocycles. The van der Waals surface area contributed by atoms with Gasteiger partial charge in [-0.25, -0.2) is 4.39 Å². The Kier molecular flexibility index (Phi) is 5.41. The lowest BCUT2D eigenvalue weighted by atomic mass is 9.93. The smallest absolute Gasteiger partial charge is 0.280 e. The number of amides is 1. The maximum atomic E-state index is 14.2. The van der Waals surface area contributed by atoms with Crippen molar-refractivity contribution in [3.8, 4) is 11.3 Å². The number of pyridine rings is 1. The third-order valence-electron chi connectivity index (χ3n) is 6.03. The van der Waals surface area contributed by atoms with Crippen molar-refractivity contribution in [3.63, 3.8) is 0 Å². The maximum absolute atomic E-state index is 14.2. The number of para-hydroxylation sites is 2. The molecule has 1 fully saturated rings. The van der Waals surface area contributed by atoms with Crippen LogP contribution >= 0.6 is 0 Å². The number of nitrogens with zero attached hydrogens (tertiary/aromatic N) is 3. The van der Waals surface area contributed by atoms with E-state index in [1.165, 1.54) is 12.3 Å². The largest absolute Gasteiger partial charge is 0.393 e. The molecule has 0 atom stereocenters. The van der Waals surface area contributed by atoms with E-state index in [9.17, 15) is 14.3 Å². The molecule has 0 unspecified atom stereocenters. The molecule has 1 amide bonds. The number of fused-ring (bicyclic) bond motifs is 1. The van der Waals surface area contributed by atoms with E-state index >= 15 is 0 Å². The summed E-state index contributed by atoms with van der Waals surface area (Å²) in [6, 6.07) is 17.5. The van der Waals surface area contributed by atoms with Crippen molar-refractivity contribution in [1.82, 2.24) is 14.5 Å². The van der Waals surface area contributed by atoms with Crippen LogP contribution in [0.4, 0.5) is 4.39 Å². The molecule has 0 spiro atoms. The number of carbonyl (C=O) groups is 1. The Morgan fingerprint density at radius 1 is 1.06 bits per heavy atom. The standard InChI is InChI=1S/C25H23FN4O2/c26-20-6-2-1-5-19(20)22-15-16(13-14-27-22)24(32)29-25-28-21-7-3-4-8-23(21)30(25)17-9-11-18(31)12-10-17/h1-8,13-15,17-18,31H,9-12H2,(H,28,29,32)/t17-,18+. The zero-order valence-electron chi connectivity index (χ0n) is 17.4. The predicted octanol–water partition coefficient (Wildman–Crippen LogP) is 4.39.